The van der Waals surface area contributed by atoms with Crippen LogP contribution in [0.5, 0.6) is 0 Å². The molecule has 0 aliphatic carbocycles. The molecule has 3 N–H and O–H groups in total. The highest BCUT2D eigenvalue weighted by molar-refractivity contribution is 5.79. The molecule has 184 valence electrons. The summed E-state index contributed by atoms with van der Waals surface area (Å²) in [6.45, 7) is 1.71. The van der Waals surface area contributed by atoms with Crippen LogP contribution in [0.4, 0.5) is 17.6 Å². The maximum absolute atomic E-state index is 14.0. The van der Waals surface area contributed by atoms with Crippen molar-refractivity contribution in [2.24, 2.45) is 0 Å². The van der Waals surface area contributed by atoms with Crippen LogP contribution in [0.15, 0.2) is 59.5 Å². The smallest absolute Gasteiger partial charge is 0.373 e. The first kappa shape index (κ1) is 23.5. The van der Waals surface area contributed by atoms with E-state index in [2.05, 4.69) is 35.4 Å². The molecule has 0 aliphatic rings. The number of imidazole rings is 1. The van der Waals surface area contributed by atoms with Gasteiger partial charge in [0.25, 0.3) is 0 Å². The Morgan fingerprint density at radius 3 is 2.67 bits per heavy atom. The van der Waals surface area contributed by atoms with Crippen LogP contribution in [0.3, 0.4) is 0 Å². The summed E-state index contributed by atoms with van der Waals surface area (Å²) in [7, 11) is 0. The number of nitrogens with one attached hydrogen (secondary N) is 2. The Kier molecular flexibility index (Phi) is 5.94. The zero-order chi connectivity index (χ0) is 25.4. The lowest BCUT2D eigenvalue weighted by atomic mass is 10.1. The lowest BCUT2D eigenvalue weighted by Crippen LogP contribution is -2.25. The van der Waals surface area contributed by atoms with Gasteiger partial charge in [-0.25, -0.2) is 19.9 Å². The molecule has 0 saturated carbocycles. The number of aromatic amines is 1. The summed E-state index contributed by atoms with van der Waals surface area (Å²) >= 11 is 0. The molecular weight excluding hydrogens is 482 g/mol. The van der Waals surface area contributed by atoms with Crippen LogP contribution in [0.1, 0.15) is 36.1 Å². The fourth-order valence-electron chi connectivity index (χ4n) is 3.56. The average molecular weight is 499 g/mol. The molecule has 36 heavy (non-hydrogen) atoms. The highest BCUT2D eigenvalue weighted by Crippen LogP contribution is 2.32. The van der Waals surface area contributed by atoms with Gasteiger partial charge in [0.1, 0.15) is 18.2 Å². The molecule has 5 aromatic rings. The molecule has 4 heterocycles. The normalized spacial score (nSPS) is 13.7. The van der Waals surface area contributed by atoms with Crippen molar-refractivity contribution >= 4 is 11.0 Å². The molecule has 1 unspecified atom stereocenters. The van der Waals surface area contributed by atoms with Crippen molar-refractivity contribution < 1.29 is 27.2 Å². The van der Waals surface area contributed by atoms with Gasteiger partial charge in [-0.1, -0.05) is 5.16 Å². The van der Waals surface area contributed by atoms with E-state index >= 15 is 0 Å². The van der Waals surface area contributed by atoms with Gasteiger partial charge in [-0.15, -0.1) is 0 Å². The van der Waals surface area contributed by atoms with E-state index in [1.54, 1.807) is 19.1 Å². The van der Waals surface area contributed by atoms with E-state index < -0.39 is 30.0 Å². The van der Waals surface area contributed by atoms with E-state index in [1.165, 1.54) is 30.7 Å². The van der Waals surface area contributed by atoms with Gasteiger partial charge < -0.3 is 14.6 Å². The summed E-state index contributed by atoms with van der Waals surface area (Å²) in [5, 5.41) is 17.5. The second-order valence-corrected chi connectivity index (χ2v) is 7.89. The number of alkyl halides is 3. The van der Waals surface area contributed by atoms with Crippen LogP contribution in [0, 0.1) is 5.95 Å². The topological polar surface area (TPSA) is 126 Å². The quantitative estimate of drug-likeness (QED) is 0.176. The van der Waals surface area contributed by atoms with Crippen molar-refractivity contribution in [2.75, 3.05) is 0 Å². The van der Waals surface area contributed by atoms with E-state index in [1.807, 2.05) is 0 Å². The molecule has 4 aromatic heterocycles. The van der Waals surface area contributed by atoms with Crippen LogP contribution in [-0.4, -0.2) is 35.2 Å². The van der Waals surface area contributed by atoms with Crippen molar-refractivity contribution in [3.05, 3.63) is 77.9 Å². The van der Waals surface area contributed by atoms with E-state index in [-0.39, 0.29) is 34.1 Å². The second-order valence-electron chi connectivity index (χ2n) is 7.89. The monoisotopic (exact) mass is 499 g/mol. The molecule has 0 spiro atoms. The van der Waals surface area contributed by atoms with Crippen molar-refractivity contribution in [1.29, 1.82) is 0 Å². The molecule has 0 fully saturated rings. The molecule has 1 aromatic carbocycles. The van der Waals surface area contributed by atoms with E-state index in [0.717, 1.165) is 12.1 Å². The summed E-state index contributed by atoms with van der Waals surface area (Å²) in [6.07, 6.45) is -3.21. The number of H-pyrrole nitrogens is 1. The van der Waals surface area contributed by atoms with Gasteiger partial charge in [0, 0.05) is 12.3 Å². The molecule has 9 nitrogen and oxygen atoms in total. The Bertz CT molecular complexity index is 1530. The predicted octanol–water partition coefficient (Wildman–Crippen LogP) is 4.57. The number of aliphatic hydroxyl groups is 1. The minimum atomic E-state index is -4.47. The average Bonchev–Trinajstić information content (AvgIpc) is 3.51. The highest BCUT2D eigenvalue weighted by atomic mass is 19.4. The molecule has 0 radical (unpaired) electrons. The molecule has 0 aliphatic heterocycles. The first-order chi connectivity index (χ1) is 17.2. The van der Waals surface area contributed by atoms with Crippen molar-refractivity contribution in [2.45, 2.75) is 25.4 Å². The number of nitrogens with zero attached hydrogens (tertiary/aromatic N) is 5. The minimum absolute atomic E-state index is 0.163. The fraction of sp³-hybridized carbons (Fsp3) is 0.174. The first-order valence-electron chi connectivity index (χ1n) is 10.6. The van der Waals surface area contributed by atoms with Gasteiger partial charge in [0.2, 0.25) is 11.7 Å². The standard InChI is InChI=1S/C23H17F4N7O2/c1-11(31-22(35)18-8-16(29-10-30-18)13-3-2-6-28-20(13)24)15-9-19(36-34-15)21-32-14-5-4-12(23(25,26)27)7-17(14)33-21/h2-11,22,31,35H,1H3,(H,32,33)/t11-,22?/m0/s1. The van der Waals surface area contributed by atoms with E-state index in [4.69, 9.17) is 4.52 Å². The number of hydrogen-bond acceptors (Lipinski definition) is 8. The summed E-state index contributed by atoms with van der Waals surface area (Å²) < 4.78 is 58.2. The largest absolute Gasteiger partial charge is 0.416 e. The van der Waals surface area contributed by atoms with Gasteiger partial charge in [0.15, 0.2) is 5.82 Å². The van der Waals surface area contributed by atoms with Crippen molar-refractivity contribution in [1.82, 2.24) is 35.4 Å². The molecule has 0 saturated heterocycles. The van der Waals surface area contributed by atoms with E-state index in [0.29, 0.717) is 11.2 Å². The number of fused-ring (bicyclic) bond motifs is 1. The number of hydrogen-bond donors (Lipinski definition) is 3. The van der Waals surface area contributed by atoms with Gasteiger partial charge >= 0.3 is 6.18 Å². The predicted molar refractivity (Wildman–Crippen MR) is 118 cm³/mol. The Hall–Kier alpha value is -4.23. The maximum Gasteiger partial charge on any atom is 0.416 e. The Balaban J connectivity index is 1.32. The summed E-state index contributed by atoms with van der Waals surface area (Å²) in [5.41, 5.74) is 0.738. The number of halogens is 4. The third kappa shape index (κ3) is 4.65. The lowest BCUT2D eigenvalue weighted by molar-refractivity contribution is -0.137. The van der Waals surface area contributed by atoms with E-state index in [9.17, 15) is 22.7 Å². The molecule has 0 amide bonds. The first-order valence-corrected chi connectivity index (χ1v) is 10.6. The number of pyridine rings is 1. The summed E-state index contributed by atoms with van der Waals surface area (Å²) in [6, 6.07) is 8.71. The van der Waals surface area contributed by atoms with Gasteiger partial charge in [-0.3, -0.25) is 5.32 Å². The zero-order valence-electron chi connectivity index (χ0n) is 18.5. The third-order valence-corrected chi connectivity index (χ3v) is 5.43. The van der Waals surface area contributed by atoms with Crippen LogP contribution in [0.25, 0.3) is 33.9 Å². The summed E-state index contributed by atoms with van der Waals surface area (Å²) in [4.78, 5) is 18.7. The molecule has 13 heteroatoms. The SMILES string of the molecule is C[C@H](NC(O)c1cc(-c2cccnc2F)ncn1)c1cc(-c2nc3ccc(C(F)(F)F)cc3[nH]2)on1. The van der Waals surface area contributed by atoms with Crippen LogP contribution in [0.2, 0.25) is 0 Å². The number of benzene rings is 1. The number of rotatable bonds is 6. The van der Waals surface area contributed by atoms with Gasteiger partial charge in [-0.05, 0) is 43.3 Å². The van der Waals surface area contributed by atoms with Crippen molar-refractivity contribution in [3.8, 4) is 22.8 Å². The molecule has 5 rings (SSSR count). The van der Waals surface area contributed by atoms with Crippen LogP contribution >= 0.6 is 0 Å². The van der Waals surface area contributed by atoms with Gasteiger partial charge in [-0.2, -0.15) is 17.6 Å². The Morgan fingerprint density at radius 2 is 1.89 bits per heavy atom. The fourth-order valence-corrected chi connectivity index (χ4v) is 3.56. The Morgan fingerprint density at radius 1 is 1.06 bits per heavy atom. The third-order valence-electron chi connectivity index (χ3n) is 5.43. The zero-order valence-corrected chi connectivity index (χ0v) is 18.5. The number of aliphatic hydroxyl groups excluding tert-OH is 1. The van der Waals surface area contributed by atoms with Crippen molar-refractivity contribution in [3.63, 3.8) is 0 Å². The molecule has 0 bridgehead atoms. The highest BCUT2D eigenvalue weighted by Gasteiger charge is 2.31. The summed E-state index contributed by atoms with van der Waals surface area (Å²) in [5.74, 6) is -0.294. The molecular formula is C23H17F4N7O2. The van der Waals surface area contributed by atoms with Gasteiger partial charge in [0.05, 0.1) is 39.6 Å². The van der Waals surface area contributed by atoms with Crippen LogP contribution < -0.4 is 5.32 Å². The molecule has 2 atom stereocenters. The maximum atomic E-state index is 14.0. The minimum Gasteiger partial charge on any atom is -0.373 e. The second kappa shape index (κ2) is 9.09. The Labute approximate surface area is 200 Å². The van der Waals surface area contributed by atoms with Crippen LogP contribution in [-0.2, 0) is 6.18 Å². The number of aromatic nitrogens is 6. The lowest BCUT2D eigenvalue weighted by Gasteiger charge is -2.17.